The van der Waals surface area contributed by atoms with Gasteiger partial charge in [0.25, 0.3) is 11.6 Å². The van der Waals surface area contributed by atoms with E-state index in [9.17, 15) is 4.79 Å². The van der Waals surface area contributed by atoms with Crippen LogP contribution in [-0.4, -0.2) is 32.6 Å². The van der Waals surface area contributed by atoms with Gasteiger partial charge in [0.1, 0.15) is 0 Å². The van der Waals surface area contributed by atoms with Crippen LogP contribution < -0.4 is 5.32 Å². The van der Waals surface area contributed by atoms with Crippen molar-refractivity contribution in [2.75, 3.05) is 6.54 Å². The molecule has 1 aliphatic carbocycles. The second kappa shape index (κ2) is 7.67. The van der Waals surface area contributed by atoms with Crippen molar-refractivity contribution < 1.29 is 9.32 Å². The summed E-state index contributed by atoms with van der Waals surface area (Å²) >= 11 is 0. The number of aromatic nitrogens is 4. The van der Waals surface area contributed by atoms with Crippen molar-refractivity contribution in [1.82, 2.24) is 25.4 Å². The summed E-state index contributed by atoms with van der Waals surface area (Å²) < 4.78 is 5.53. The number of rotatable bonds is 6. The van der Waals surface area contributed by atoms with Crippen molar-refractivity contribution in [2.45, 2.75) is 31.6 Å². The summed E-state index contributed by atoms with van der Waals surface area (Å²) in [4.78, 5) is 26.4. The van der Waals surface area contributed by atoms with Crippen molar-refractivity contribution in [3.63, 3.8) is 0 Å². The highest BCUT2D eigenvalue weighted by molar-refractivity contribution is 6.07. The number of carbonyl (C=O) groups excluding carboxylic acids is 1. The maximum absolute atomic E-state index is 13.2. The molecule has 7 nitrogen and oxygen atoms in total. The molecule has 5 rings (SSSR count). The monoisotopic (exact) mass is 399 g/mol. The van der Waals surface area contributed by atoms with Gasteiger partial charge in [0.05, 0.1) is 22.3 Å². The van der Waals surface area contributed by atoms with Crippen LogP contribution in [0, 0.1) is 0 Å². The van der Waals surface area contributed by atoms with Gasteiger partial charge in [-0.15, -0.1) is 0 Å². The van der Waals surface area contributed by atoms with Crippen LogP contribution >= 0.6 is 0 Å². The molecule has 0 spiro atoms. The smallest absolute Gasteiger partial charge is 0.259 e. The van der Waals surface area contributed by atoms with E-state index in [0.29, 0.717) is 34.8 Å². The fourth-order valence-corrected chi connectivity index (χ4v) is 3.56. The maximum Gasteiger partial charge on any atom is 0.259 e. The first-order chi connectivity index (χ1) is 14.7. The molecule has 0 aromatic carbocycles. The molecular formula is C23H21N5O2. The Morgan fingerprint density at radius 2 is 2.13 bits per heavy atom. The molecule has 150 valence electrons. The molecule has 0 aliphatic heterocycles. The molecular weight excluding hydrogens is 378 g/mol. The zero-order valence-electron chi connectivity index (χ0n) is 16.6. The molecule has 1 saturated carbocycles. The van der Waals surface area contributed by atoms with Gasteiger partial charge in [0, 0.05) is 48.2 Å². The number of nitrogens with zero attached hydrogens (tertiary/aromatic N) is 4. The summed E-state index contributed by atoms with van der Waals surface area (Å²) in [6.07, 6.45) is 7.30. The van der Waals surface area contributed by atoms with Crippen molar-refractivity contribution in [3.8, 4) is 11.3 Å². The second-order valence-electron chi connectivity index (χ2n) is 7.68. The minimum absolute atomic E-state index is 0.0932. The third-order valence-corrected chi connectivity index (χ3v) is 5.40. The minimum Gasteiger partial charge on any atom is -0.351 e. The first kappa shape index (κ1) is 18.4. The van der Waals surface area contributed by atoms with Gasteiger partial charge in [-0.1, -0.05) is 18.1 Å². The van der Waals surface area contributed by atoms with Crippen molar-refractivity contribution in [2.24, 2.45) is 0 Å². The molecule has 0 bridgehead atoms. The first-order valence-corrected chi connectivity index (χ1v) is 10.1. The lowest BCUT2D eigenvalue weighted by Crippen LogP contribution is -2.28. The van der Waals surface area contributed by atoms with Gasteiger partial charge in [0.2, 0.25) is 0 Å². The van der Waals surface area contributed by atoms with E-state index in [1.807, 2.05) is 43.3 Å². The Hall–Kier alpha value is -3.61. The molecule has 1 amide bonds. The number of fused-ring (bicyclic) bond motifs is 1. The van der Waals surface area contributed by atoms with Crippen LogP contribution in [0.15, 0.2) is 59.5 Å². The average molecular weight is 399 g/mol. The van der Waals surface area contributed by atoms with E-state index in [1.165, 1.54) is 0 Å². The molecule has 30 heavy (non-hydrogen) atoms. The number of pyridine rings is 3. The van der Waals surface area contributed by atoms with E-state index in [-0.39, 0.29) is 11.8 Å². The molecule has 1 fully saturated rings. The predicted molar refractivity (Wildman–Crippen MR) is 112 cm³/mol. The Labute approximate surface area is 173 Å². The van der Waals surface area contributed by atoms with Crippen LogP contribution in [0.5, 0.6) is 0 Å². The Morgan fingerprint density at radius 1 is 1.23 bits per heavy atom. The Balaban J connectivity index is 1.49. The zero-order chi connectivity index (χ0) is 20.5. The maximum atomic E-state index is 13.2. The van der Waals surface area contributed by atoms with Crippen LogP contribution in [0.1, 0.15) is 53.3 Å². The number of hydrogen-bond acceptors (Lipinski definition) is 6. The molecule has 1 atom stereocenters. The standard InChI is InChI=1S/C23H21N5O2/c1-14(18-6-2-3-10-25-18)12-26-22(29)17-11-19(16-5-4-9-24-13-16)27-23-20(17)21(28-30-23)15-7-8-15/h2-6,9-11,13-15H,7-8,12H2,1H3,(H,26,29). The SMILES string of the molecule is CC(CNC(=O)c1cc(-c2cccnc2)nc2onc(C3CC3)c12)c1ccccn1. The normalized spacial score (nSPS) is 14.6. The fourth-order valence-electron chi connectivity index (χ4n) is 3.56. The summed E-state index contributed by atoms with van der Waals surface area (Å²) in [6, 6.07) is 11.4. The predicted octanol–water partition coefficient (Wildman–Crippen LogP) is 4.09. The second-order valence-corrected chi connectivity index (χ2v) is 7.68. The largest absolute Gasteiger partial charge is 0.351 e. The molecule has 1 unspecified atom stereocenters. The van der Waals surface area contributed by atoms with Crippen LogP contribution in [-0.2, 0) is 0 Å². The third-order valence-electron chi connectivity index (χ3n) is 5.40. The Kier molecular flexibility index (Phi) is 4.71. The zero-order valence-corrected chi connectivity index (χ0v) is 16.6. The highest BCUT2D eigenvalue weighted by atomic mass is 16.5. The number of nitrogens with one attached hydrogen (secondary N) is 1. The van der Waals surface area contributed by atoms with Crippen LogP contribution in [0.3, 0.4) is 0 Å². The lowest BCUT2D eigenvalue weighted by atomic mass is 10.0. The van der Waals surface area contributed by atoms with Gasteiger partial charge in [-0.25, -0.2) is 4.98 Å². The lowest BCUT2D eigenvalue weighted by molar-refractivity contribution is 0.0953. The van der Waals surface area contributed by atoms with Crippen LogP contribution in [0.25, 0.3) is 22.4 Å². The topological polar surface area (TPSA) is 93.8 Å². The minimum atomic E-state index is -0.166. The van der Waals surface area contributed by atoms with Gasteiger partial charge in [-0.2, -0.15) is 0 Å². The van der Waals surface area contributed by atoms with E-state index < -0.39 is 0 Å². The quantitative estimate of drug-likeness (QED) is 0.525. The van der Waals surface area contributed by atoms with Crippen LogP contribution in [0.2, 0.25) is 0 Å². The van der Waals surface area contributed by atoms with E-state index in [0.717, 1.165) is 29.8 Å². The van der Waals surface area contributed by atoms with Gasteiger partial charge in [-0.05, 0) is 43.2 Å². The molecule has 7 heteroatoms. The fraction of sp³-hybridized carbons (Fsp3) is 0.261. The van der Waals surface area contributed by atoms with E-state index in [2.05, 4.69) is 25.4 Å². The lowest BCUT2D eigenvalue weighted by Gasteiger charge is -2.13. The summed E-state index contributed by atoms with van der Waals surface area (Å²) in [7, 11) is 0. The first-order valence-electron chi connectivity index (χ1n) is 10.1. The average Bonchev–Trinajstić information content (AvgIpc) is 3.56. The van der Waals surface area contributed by atoms with Gasteiger partial charge in [-0.3, -0.25) is 14.8 Å². The van der Waals surface area contributed by atoms with Gasteiger partial charge in [0.15, 0.2) is 0 Å². The summed E-state index contributed by atoms with van der Waals surface area (Å²) in [5, 5.41) is 8.00. The molecule has 4 aromatic heterocycles. The summed E-state index contributed by atoms with van der Waals surface area (Å²) in [6.45, 7) is 2.52. The van der Waals surface area contributed by atoms with Crippen molar-refractivity contribution in [3.05, 3.63) is 71.9 Å². The van der Waals surface area contributed by atoms with Crippen LogP contribution in [0.4, 0.5) is 0 Å². The van der Waals surface area contributed by atoms with E-state index in [1.54, 1.807) is 18.6 Å². The Bertz CT molecular complexity index is 1190. The number of hydrogen-bond donors (Lipinski definition) is 1. The highest BCUT2D eigenvalue weighted by Gasteiger charge is 2.32. The molecule has 4 aromatic rings. The van der Waals surface area contributed by atoms with E-state index in [4.69, 9.17) is 4.52 Å². The molecule has 4 heterocycles. The van der Waals surface area contributed by atoms with E-state index >= 15 is 0 Å². The molecule has 1 aliphatic rings. The summed E-state index contributed by atoms with van der Waals surface area (Å²) in [5.74, 6) is 0.271. The third kappa shape index (κ3) is 3.54. The summed E-state index contributed by atoms with van der Waals surface area (Å²) in [5.41, 5.74) is 4.16. The van der Waals surface area contributed by atoms with Crippen molar-refractivity contribution in [1.29, 1.82) is 0 Å². The van der Waals surface area contributed by atoms with Gasteiger partial charge >= 0.3 is 0 Å². The molecule has 0 radical (unpaired) electrons. The molecule has 0 saturated heterocycles. The number of carbonyl (C=O) groups is 1. The number of amides is 1. The molecule has 1 N–H and O–H groups in total. The van der Waals surface area contributed by atoms with Gasteiger partial charge < -0.3 is 9.84 Å². The van der Waals surface area contributed by atoms with Crippen molar-refractivity contribution >= 4 is 17.0 Å². The Morgan fingerprint density at radius 3 is 2.87 bits per heavy atom. The highest BCUT2D eigenvalue weighted by Crippen LogP contribution is 2.43.